The molecular formula is C24H26FN3O3. The molecule has 0 spiro atoms. The number of carbonyl (C=O) groups is 3. The molecule has 6 nitrogen and oxygen atoms in total. The molecule has 0 bridgehead atoms. The van der Waals surface area contributed by atoms with Crippen LogP contribution < -0.4 is 5.32 Å². The van der Waals surface area contributed by atoms with Crippen molar-refractivity contribution in [3.8, 4) is 0 Å². The van der Waals surface area contributed by atoms with E-state index in [1.807, 2.05) is 0 Å². The third-order valence-corrected chi connectivity index (χ3v) is 6.07. The molecule has 162 valence electrons. The summed E-state index contributed by atoms with van der Waals surface area (Å²) in [5, 5.41) is 2.57. The van der Waals surface area contributed by atoms with Gasteiger partial charge in [-0.15, -0.1) is 0 Å². The number of hydrogen-bond donors (Lipinski definition) is 1. The number of nitrogens with zero attached hydrogens (tertiary/aromatic N) is 2. The van der Waals surface area contributed by atoms with E-state index in [-0.39, 0.29) is 11.7 Å². The average molecular weight is 423 g/mol. The average Bonchev–Trinajstić information content (AvgIpc) is 3.28. The normalized spacial score (nSPS) is 17.4. The summed E-state index contributed by atoms with van der Waals surface area (Å²) in [5.74, 6) is -1.76. The molecule has 0 atom stereocenters. The summed E-state index contributed by atoms with van der Waals surface area (Å²) < 4.78 is 14.0. The van der Waals surface area contributed by atoms with Gasteiger partial charge in [0.2, 0.25) is 0 Å². The number of piperazine rings is 1. The lowest BCUT2D eigenvalue weighted by molar-refractivity contribution is -0.158. The number of aryl methyl sites for hydroxylation is 1. The van der Waals surface area contributed by atoms with Gasteiger partial charge in [0.1, 0.15) is 5.82 Å². The first-order chi connectivity index (χ1) is 14.9. The third-order valence-electron chi connectivity index (χ3n) is 6.07. The fourth-order valence-corrected chi connectivity index (χ4v) is 4.30. The van der Waals surface area contributed by atoms with E-state index in [4.69, 9.17) is 0 Å². The zero-order valence-electron chi connectivity index (χ0n) is 17.6. The predicted octanol–water partition coefficient (Wildman–Crippen LogP) is 3.50. The Balaban J connectivity index is 1.36. The highest BCUT2D eigenvalue weighted by Gasteiger charge is 2.37. The van der Waals surface area contributed by atoms with Gasteiger partial charge in [-0.2, -0.15) is 0 Å². The fraction of sp³-hybridized carbons (Fsp3) is 0.375. The first-order valence-electron chi connectivity index (χ1n) is 10.7. The van der Waals surface area contributed by atoms with E-state index in [1.54, 1.807) is 47.1 Å². The lowest BCUT2D eigenvalue weighted by Gasteiger charge is -2.37. The number of hydrogen-bond acceptors (Lipinski definition) is 3. The highest BCUT2D eigenvalue weighted by molar-refractivity contribution is 6.35. The van der Waals surface area contributed by atoms with Gasteiger partial charge < -0.3 is 15.1 Å². The van der Waals surface area contributed by atoms with E-state index in [0.29, 0.717) is 25.2 Å². The molecule has 0 aromatic heterocycles. The van der Waals surface area contributed by atoms with E-state index >= 15 is 0 Å². The number of rotatable bonds is 5. The Morgan fingerprint density at radius 2 is 1.74 bits per heavy atom. The van der Waals surface area contributed by atoms with Gasteiger partial charge in [0, 0.05) is 31.2 Å². The lowest BCUT2D eigenvalue weighted by Crippen LogP contribution is -2.56. The number of anilines is 1. The lowest BCUT2D eigenvalue weighted by atomic mass is 10.1. The second-order valence-corrected chi connectivity index (χ2v) is 8.30. The predicted molar refractivity (Wildman–Crippen MR) is 115 cm³/mol. The summed E-state index contributed by atoms with van der Waals surface area (Å²) in [6.45, 7) is 3.17. The van der Waals surface area contributed by atoms with Crippen LogP contribution in [0.5, 0.6) is 0 Å². The van der Waals surface area contributed by atoms with Crippen LogP contribution in [0.15, 0.2) is 42.5 Å². The van der Waals surface area contributed by atoms with Crippen LogP contribution in [0.4, 0.5) is 10.1 Å². The number of carbonyl (C=O) groups excluding carboxylic acids is 3. The second kappa shape index (κ2) is 8.88. The topological polar surface area (TPSA) is 69.7 Å². The Morgan fingerprint density at radius 3 is 2.42 bits per heavy atom. The number of nitrogens with one attached hydrogen (secondary N) is 1. The maximum atomic E-state index is 14.0. The Morgan fingerprint density at radius 1 is 1.03 bits per heavy atom. The van der Waals surface area contributed by atoms with Crippen molar-refractivity contribution in [2.24, 2.45) is 0 Å². The molecule has 0 radical (unpaired) electrons. The molecule has 1 saturated heterocycles. The minimum atomic E-state index is -0.482. The van der Waals surface area contributed by atoms with Gasteiger partial charge in [0.05, 0.1) is 5.69 Å². The summed E-state index contributed by atoms with van der Waals surface area (Å²) >= 11 is 0. The summed E-state index contributed by atoms with van der Waals surface area (Å²) in [4.78, 5) is 40.8. The first-order valence-corrected chi connectivity index (χ1v) is 10.7. The molecule has 0 unspecified atom stereocenters. The molecule has 1 N–H and O–H groups in total. The Kier molecular flexibility index (Phi) is 6.02. The largest absolute Gasteiger partial charge is 0.330 e. The molecule has 2 aliphatic rings. The highest BCUT2D eigenvalue weighted by atomic mass is 19.1. The van der Waals surface area contributed by atoms with E-state index in [9.17, 15) is 18.8 Å². The quantitative estimate of drug-likeness (QED) is 0.749. The van der Waals surface area contributed by atoms with Gasteiger partial charge in [-0.3, -0.25) is 14.4 Å². The maximum Gasteiger partial charge on any atom is 0.312 e. The third kappa shape index (κ3) is 4.60. The van der Waals surface area contributed by atoms with E-state index < -0.39 is 23.5 Å². The van der Waals surface area contributed by atoms with Crippen molar-refractivity contribution in [2.75, 3.05) is 18.4 Å². The Hall–Kier alpha value is -3.22. The van der Waals surface area contributed by atoms with Crippen molar-refractivity contribution in [3.05, 3.63) is 65.0 Å². The first kappa shape index (κ1) is 21.0. The summed E-state index contributed by atoms with van der Waals surface area (Å²) in [7, 11) is 0. The van der Waals surface area contributed by atoms with Crippen LogP contribution >= 0.6 is 0 Å². The Bertz CT molecular complexity index is 1000. The maximum absolute atomic E-state index is 14.0. The summed E-state index contributed by atoms with van der Waals surface area (Å²) in [6.07, 6.45) is 4.19. The number of halogens is 1. The molecule has 1 heterocycles. The van der Waals surface area contributed by atoms with Crippen LogP contribution in [-0.4, -0.2) is 46.7 Å². The van der Waals surface area contributed by atoms with Gasteiger partial charge in [0.25, 0.3) is 5.91 Å². The molecule has 31 heavy (non-hydrogen) atoms. The summed E-state index contributed by atoms with van der Waals surface area (Å²) in [5.41, 5.74) is 2.12. The van der Waals surface area contributed by atoms with Crippen molar-refractivity contribution in [1.29, 1.82) is 0 Å². The van der Waals surface area contributed by atoms with Crippen molar-refractivity contribution in [2.45, 2.75) is 45.2 Å². The van der Waals surface area contributed by atoms with Gasteiger partial charge in [-0.1, -0.05) is 31.0 Å². The standard InChI is InChI=1S/C24H26FN3O3/c1-16-6-11-21(20(25)14-16)26-22(29)18-9-7-17(8-10-18)15-27-12-13-28(24(31)23(27)30)19-4-2-3-5-19/h6-11,14,19H,2-5,12-13,15H2,1H3,(H,26,29). The summed E-state index contributed by atoms with van der Waals surface area (Å²) in [6, 6.07) is 11.6. The molecule has 3 amide bonds. The molecule has 1 saturated carbocycles. The van der Waals surface area contributed by atoms with Crippen molar-refractivity contribution in [3.63, 3.8) is 0 Å². The smallest absolute Gasteiger partial charge is 0.312 e. The van der Waals surface area contributed by atoms with Crippen LogP contribution in [0.25, 0.3) is 0 Å². The van der Waals surface area contributed by atoms with Crippen LogP contribution in [0.2, 0.25) is 0 Å². The van der Waals surface area contributed by atoms with Gasteiger partial charge in [-0.05, 0) is 55.2 Å². The molecule has 1 aliphatic carbocycles. The van der Waals surface area contributed by atoms with Crippen molar-refractivity contribution >= 4 is 23.4 Å². The minimum absolute atomic E-state index is 0.129. The second-order valence-electron chi connectivity index (χ2n) is 8.30. The van der Waals surface area contributed by atoms with E-state index in [2.05, 4.69) is 5.32 Å². The zero-order chi connectivity index (χ0) is 22.0. The number of amides is 3. The van der Waals surface area contributed by atoms with Gasteiger partial charge >= 0.3 is 11.8 Å². The SMILES string of the molecule is Cc1ccc(NC(=O)c2ccc(CN3CCN(C4CCCC4)C(=O)C3=O)cc2)c(F)c1. The van der Waals surface area contributed by atoms with Crippen molar-refractivity contribution < 1.29 is 18.8 Å². The molecule has 2 aromatic rings. The van der Waals surface area contributed by atoms with Crippen LogP contribution in [0.1, 0.15) is 47.2 Å². The Labute approximate surface area is 181 Å². The zero-order valence-corrected chi connectivity index (χ0v) is 17.6. The van der Waals surface area contributed by atoms with Gasteiger partial charge in [0.15, 0.2) is 0 Å². The fourth-order valence-electron chi connectivity index (χ4n) is 4.30. The monoisotopic (exact) mass is 423 g/mol. The van der Waals surface area contributed by atoms with Gasteiger partial charge in [-0.25, -0.2) is 4.39 Å². The number of benzene rings is 2. The molecular weight excluding hydrogens is 397 g/mol. The molecule has 2 fully saturated rings. The molecule has 4 rings (SSSR count). The molecule has 7 heteroatoms. The van der Waals surface area contributed by atoms with Crippen LogP contribution in [0, 0.1) is 12.7 Å². The van der Waals surface area contributed by atoms with Crippen molar-refractivity contribution in [1.82, 2.24) is 9.80 Å². The van der Waals surface area contributed by atoms with Crippen LogP contribution in [-0.2, 0) is 16.1 Å². The van der Waals surface area contributed by atoms with E-state index in [0.717, 1.165) is 36.8 Å². The van der Waals surface area contributed by atoms with E-state index in [1.165, 1.54) is 12.1 Å². The molecule has 1 aliphatic heterocycles. The molecule has 2 aromatic carbocycles. The minimum Gasteiger partial charge on any atom is -0.330 e. The van der Waals surface area contributed by atoms with Crippen LogP contribution in [0.3, 0.4) is 0 Å². The highest BCUT2D eigenvalue weighted by Crippen LogP contribution is 2.25.